The molecular weight excluding hydrogens is 437 g/mol. The van der Waals surface area contributed by atoms with Gasteiger partial charge in [0, 0.05) is 31.4 Å². The molecule has 0 bridgehead atoms. The molecular formula is C21H23F3N8O. The Kier molecular flexibility index (Phi) is 5.91. The fourth-order valence-electron chi connectivity index (χ4n) is 3.69. The maximum Gasteiger partial charge on any atom is 0.417 e. The van der Waals surface area contributed by atoms with Crippen LogP contribution in [-0.2, 0) is 23.8 Å². The average Bonchev–Trinajstić information content (AvgIpc) is 3.40. The number of H-pyrrole nitrogens is 1. The molecule has 1 aliphatic heterocycles. The average molecular weight is 460 g/mol. The zero-order valence-corrected chi connectivity index (χ0v) is 18.3. The summed E-state index contributed by atoms with van der Waals surface area (Å²) in [5.74, 6) is 0.115. The first kappa shape index (κ1) is 22.5. The van der Waals surface area contributed by atoms with Crippen molar-refractivity contribution >= 4 is 23.4 Å². The molecule has 1 amide bonds. The molecule has 4 rings (SSSR count). The molecule has 0 saturated carbocycles. The first-order valence-corrected chi connectivity index (χ1v) is 10.4. The molecule has 0 saturated heterocycles. The van der Waals surface area contributed by atoms with Crippen molar-refractivity contribution in [2.75, 3.05) is 23.8 Å². The van der Waals surface area contributed by atoms with E-state index in [9.17, 15) is 18.0 Å². The summed E-state index contributed by atoms with van der Waals surface area (Å²) in [5, 5.41) is 12.1. The highest BCUT2D eigenvalue weighted by Gasteiger charge is 2.32. The third-order valence-corrected chi connectivity index (χ3v) is 5.40. The van der Waals surface area contributed by atoms with Crippen LogP contribution in [0.15, 0.2) is 24.5 Å². The van der Waals surface area contributed by atoms with Gasteiger partial charge in [0.15, 0.2) is 5.82 Å². The molecule has 0 spiro atoms. The maximum absolute atomic E-state index is 13.1. The van der Waals surface area contributed by atoms with Gasteiger partial charge in [0.1, 0.15) is 11.5 Å². The zero-order chi connectivity index (χ0) is 23.8. The van der Waals surface area contributed by atoms with Crippen LogP contribution in [0.1, 0.15) is 30.5 Å². The molecule has 33 heavy (non-hydrogen) atoms. The van der Waals surface area contributed by atoms with Gasteiger partial charge in [-0.1, -0.05) is 0 Å². The Balaban J connectivity index is 1.58. The number of carbonyl (C=O) groups excluding carboxylic acids is 1. The number of alkyl halides is 3. The summed E-state index contributed by atoms with van der Waals surface area (Å²) in [6.45, 7) is 5.19. The molecule has 0 atom stereocenters. The Morgan fingerprint density at radius 2 is 2.03 bits per heavy atom. The molecule has 4 heterocycles. The molecule has 3 aromatic heterocycles. The molecule has 3 aromatic rings. The summed E-state index contributed by atoms with van der Waals surface area (Å²) >= 11 is 0. The van der Waals surface area contributed by atoms with E-state index in [2.05, 4.69) is 54.5 Å². The first-order chi connectivity index (χ1) is 15.7. The van der Waals surface area contributed by atoms with Crippen molar-refractivity contribution in [3.05, 3.63) is 41.2 Å². The molecule has 0 aliphatic carbocycles. The summed E-state index contributed by atoms with van der Waals surface area (Å²) in [4.78, 5) is 26.8. The molecule has 1 aliphatic rings. The fourth-order valence-corrected chi connectivity index (χ4v) is 3.69. The Labute approximate surface area is 187 Å². The van der Waals surface area contributed by atoms with Crippen LogP contribution >= 0.6 is 0 Å². The number of nitrogens with zero attached hydrogens (tertiary/aromatic N) is 5. The van der Waals surface area contributed by atoms with Crippen molar-refractivity contribution in [1.29, 1.82) is 0 Å². The van der Waals surface area contributed by atoms with Crippen LogP contribution in [0.5, 0.6) is 0 Å². The summed E-state index contributed by atoms with van der Waals surface area (Å²) in [7, 11) is 1.40. The highest BCUT2D eigenvalue weighted by molar-refractivity contribution is 5.80. The number of pyridine rings is 2. The van der Waals surface area contributed by atoms with Crippen LogP contribution in [0, 0.1) is 0 Å². The number of halogens is 3. The Hall–Kier alpha value is -3.70. The first-order valence-electron chi connectivity index (χ1n) is 10.4. The van der Waals surface area contributed by atoms with Crippen molar-refractivity contribution < 1.29 is 18.0 Å². The van der Waals surface area contributed by atoms with E-state index in [1.54, 1.807) is 0 Å². The summed E-state index contributed by atoms with van der Waals surface area (Å²) in [6.07, 6.45) is -1.45. The lowest BCUT2D eigenvalue weighted by atomic mass is 10.1. The van der Waals surface area contributed by atoms with E-state index < -0.39 is 17.6 Å². The number of likely N-dealkylation sites (N-methyl/N-ethyl adjacent to an activating group) is 1. The number of hydrogen-bond donors (Lipinski definition) is 3. The number of rotatable bonds is 6. The summed E-state index contributed by atoms with van der Waals surface area (Å²) in [5.41, 5.74) is 1.99. The number of aromatic nitrogens is 5. The quantitative estimate of drug-likeness (QED) is 0.518. The van der Waals surface area contributed by atoms with Crippen LogP contribution in [0.2, 0.25) is 0 Å². The van der Waals surface area contributed by atoms with Gasteiger partial charge >= 0.3 is 6.18 Å². The molecule has 0 unspecified atom stereocenters. The van der Waals surface area contributed by atoms with Crippen molar-refractivity contribution in [3.8, 4) is 11.5 Å². The third-order valence-electron chi connectivity index (χ3n) is 5.40. The van der Waals surface area contributed by atoms with E-state index in [-0.39, 0.29) is 23.8 Å². The topological polar surface area (TPSA) is 112 Å². The number of aromatic amines is 1. The van der Waals surface area contributed by atoms with Gasteiger partial charge in [-0.05, 0) is 38.0 Å². The Morgan fingerprint density at radius 3 is 2.73 bits per heavy atom. The van der Waals surface area contributed by atoms with Gasteiger partial charge in [-0.15, -0.1) is 5.10 Å². The second-order valence-corrected chi connectivity index (χ2v) is 7.95. The summed E-state index contributed by atoms with van der Waals surface area (Å²) in [6, 6.07) is 3.22. The van der Waals surface area contributed by atoms with Gasteiger partial charge in [-0.25, -0.2) is 4.98 Å². The second-order valence-electron chi connectivity index (χ2n) is 7.95. The maximum atomic E-state index is 13.1. The molecule has 0 aromatic carbocycles. The minimum Gasteiger partial charge on any atom is -0.367 e. The van der Waals surface area contributed by atoms with E-state index in [1.807, 2.05) is 12.3 Å². The van der Waals surface area contributed by atoms with E-state index in [0.29, 0.717) is 23.8 Å². The van der Waals surface area contributed by atoms with E-state index in [4.69, 9.17) is 0 Å². The van der Waals surface area contributed by atoms with Gasteiger partial charge in [0.2, 0.25) is 11.9 Å². The van der Waals surface area contributed by atoms with Gasteiger partial charge in [-0.3, -0.25) is 14.9 Å². The lowest BCUT2D eigenvalue weighted by Crippen LogP contribution is -2.28. The molecule has 174 valence electrons. The minimum absolute atomic E-state index is 0.0617. The Morgan fingerprint density at radius 1 is 1.24 bits per heavy atom. The normalized spacial score (nSPS) is 13.4. The molecule has 12 heteroatoms. The lowest BCUT2D eigenvalue weighted by Gasteiger charge is -2.23. The van der Waals surface area contributed by atoms with Gasteiger partial charge in [-0.2, -0.15) is 18.2 Å². The van der Waals surface area contributed by atoms with Crippen LogP contribution in [0.4, 0.5) is 30.6 Å². The summed E-state index contributed by atoms with van der Waals surface area (Å²) < 4.78 is 39.3. The largest absolute Gasteiger partial charge is 0.417 e. The third kappa shape index (κ3) is 4.73. The fraction of sp³-hybridized carbons (Fsp3) is 0.381. The van der Waals surface area contributed by atoms with Crippen molar-refractivity contribution in [2.24, 2.45) is 0 Å². The van der Waals surface area contributed by atoms with Crippen LogP contribution in [-0.4, -0.2) is 50.7 Å². The SMILES string of the molecule is CNC(=O)Cc1cc(C(F)(F)F)cnc1Nc1n[nH]c(-c2cc3c(cn2)N(C(C)C)CC3)n1. The Bertz CT molecular complexity index is 1170. The zero-order valence-electron chi connectivity index (χ0n) is 18.3. The smallest absolute Gasteiger partial charge is 0.367 e. The minimum atomic E-state index is -4.58. The van der Waals surface area contributed by atoms with Crippen LogP contribution in [0.3, 0.4) is 0 Å². The predicted octanol–water partition coefficient (Wildman–Crippen LogP) is 3.08. The highest BCUT2D eigenvalue weighted by atomic mass is 19.4. The van der Waals surface area contributed by atoms with E-state index in [0.717, 1.165) is 30.3 Å². The molecule has 0 fully saturated rings. The van der Waals surface area contributed by atoms with Gasteiger partial charge in [0.25, 0.3) is 0 Å². The van der Waals surface area contributed by atoms with Crippen LogP contribution < -0.4 is 15.5 Å². The predicted molar refractivity (Wildman–Crippen MR) is 116 cm³/mol. The molecule has 0 radical (unpaired) electrons. The highest BCUT2D eigenvalue weighted by Crippen LogP contribution is 2.33. The van der Waals surface area contributed by atoms with E-state index in [1.165, 1.54) is 7.05 Å². The number of fused-ring (bicyclic) bond motifs is 1. The van der Waals surface area contributed by atoms with Gasteiger partial charge in [0.05, 0.1) is 23.9 Å². The number of anilines is 3. The second kappa shape index (κ2) is 8.68. The monoisotopic (exact) mass is 460 g/mol. The number of carbonyl (C=O) groups is 1. The van der Waals surface area contributed by atoms with Gasteiger partial charge < -0.3 is 15.5 Å². The van der Waals surface area contributed by atoms with E-state index >= 15 is 0 Å². The lowest BCUT2D eigenvalue weighted by molar-refractivity contribution is -0.138. The number of nitrogens with one attached hydrogen (secondary N) is 3. The standard InChI is InChI=1S/C21H23F3N8O/c1-11(2)32-5-4-12-7-15(26-10-16(12)32)19-29-20(31-30-19)28-18-13(8-17(33)25-3)6-14(9-27-18)21(22,23)24/h6-7,9-11H,4-5,8H2,1-3H3,(H,25,33)(H2,27,28,29,30,31). The number of hydrogen-bond acceptors (Lipinski definition) is 7. The van der Waals surface area contributed by atoms with Crippen molar-refractivity contribution in [2.45, 2.75) is 38.9 Å². The van der Waals surface area contributed by atoms with Crippen LogP contribution in [0.25, 0.3) is 11.5 Å². The molecule has 9 nitrogen and oxygen atoms in total. The number of amides is 1. The van der Waals surface area contributed by atoms with Crippen molar-refractivity contribution in [1.82, 2.24) is 30.5 Å². The molecule has 3 N–H and O–H groups in total. The van der Waals surface area contributed by atoms with Crippen molar-refractivity contribution in [3.63, 3.8) is 0 Å².